The number of thiophene rings is 1. The Bertz CT molecular complexity index is 743. The van der Waals surface area contributed by atoms with Crippen LogP contribution in [-0.2, 0) is 24.4 Å². The van der Waals surface area contributed by atoms with Crippen molar-refractivity contribution in [1.29, 1.82) is 0 Å². The fourth-order valence-corrected chi connectivity index (χ4v) is 4.25. The van der Waals surface area contributed by atoms with Crippen molar-refractivity contribution in [2.45, 2.75) is 52.6 Å². The van der Waals surface area contributed by atoms with Crippen molar-refractivity contribution in [2.24, 2.45) is 4.99 Å². The molecule has 2 N–H and O–H groups in total. The summed E-state index contributed by atoms with van der Waals surface area (Å²) in [4.78, 5) is 8.62. The van der Waals surface area contributed by atoms with Crippen molar-refractivity contribution in [3.63, 3.8) is 0 Å². The van der Waals surface area contributed by atoms with Crippen molar-refractivity contribution >= 4 is 41.3 Å². The van der Waals surface area contributed by atoms with Crippen LogP contribution in [0.5, 0.6) is 0 Å². The molecule has 2 aromatic rings. The van der Waals surface area contributed by atoms with Crippen LogP contribution in [0.2, 0.25) is 0 Å². The lowest BCUT2D eigenvalue weighted by Gasteiger charge is -2.35. The normalized spacial score (nSPS) is 20.2. The molecule has 0 saturated carbocycles. The molecule has 3 rings (SSSR count). The third kappa shape index (κ3) is 7.88. The molecule has 0 amide bonds. The predicted molar refractivity (Wildman–Crippen MR) is 133 cm³/mol. The first-order chi connectivity index (χ1) is 13.6. The lowest BCUT2D eigenvalue weighted by molar-refractivity contribution is -0.0705. The summed E-state index contributed by atoms with van der Waals surface area (Å²) in [5.41, 5.74) is 2.63. The Kier molecular flexibility index (Phi) is 10.4. The molecule has 0 bridgehead atoms. The van der Waals surface area contributed by atoms with Crippen molar-refractivity contribution < 1.29 is 4.74 Å². The van der Waals surface area contributed by atoms with Crippen molar-refractivity contribution in [3.05, 3.63) is 57.8 Å². The zero-order chi connectivity index (χ0) is 19.8. The lowest BCUT2D eigenvalue weighted by atomic mass is 10.1. The number of benzene rings is 1. The average molecular weight is 529 g/mol. The van der Waals surface area contributed by atoms with Crippen molar-refractivity contribution in [1.82, 2.24) is 15.5 Å². The second-order valence-electron chi connectivity index (χ2n) is 7.35. The van der Waals surface area contributed by atoms with Gasteiger partial charge >= 0.3 is 0 Å². The number of morpholine rings is 1. The summed E-state index contributed by atoms with van der Waals surface area (Å²) in [5, 5.41) is 8.87. The van der Waals surface area contributed by atoms with Crippen LogP contribution < -0.4 is 10.6 Å². The summed E-state index contributed by atoms with van der Waals surface area (Å²) in [5.74, 6) is 0.860. The van der Waals surface area contributed by atoms with E-state index in [4.69, 9.17) is 9.73 Å². The van der Waals surface area contributed by atoms with Gasteiger partial charge in [-0.15, -0.1) is 35.3 Å². The van der Waals surface area contributed by atoms with Gasteiger partial charge in [0.25, 0.3) is 0 Å². The number of aliphatic imine (C=N–C) groups is 1. The van der Waals surface area contributed by atoms with Gasteiger partial charge in [0, 0.05) is 31.1 Å². The van der Waals surface area contributed by atoms with Gasteiger partial charge in [-0.05, 0) is 43.3 Å². The summed E-state index contributed by atoms with van der Waals surface area (Å²) >= 11 is 1.76. The number of nitrogens with one attached hydrogen (secondary N) is 2. The zero-order valence-electron chi connectivity index (χ0n) is 17.6. The molecule has 1 aromatic carbocycles. The van der Waals surface area contributed by atoms with Gasteiger partial charge in [-0.25, -0.2) is 4.99 Å². The highest BCUT2D eigenvalue weighted by molar-refractivity contribution is 14.0. The van der Waals surface area contributed by atoms with Crippen LogP contribution >= 0.6 is 35.3 Å². The number of halogens is 1. The Morgan fingerprint density at radius 3 is 2.48 bits per heavy atom. The molecule has 1 aromatic heterocycles. The highest BCUT2D eigenvalue weighted by atomic mass is 127. The van der Waals surface area contributed by atoms with E-state index in [1.165, 1.54) is 16.0 Å². The van der Waals surface area contributed by atoms with E-state index in [1.807, 2.05) is 0 Å². The molecule has 1 aliphatic heterocycles. The third-order valence-corrected chi connectivity index (χ3v) is 5.65. The smallest absolute Gasteiger partial charge is 0.191 e. The molecule has 0 radical (unpaired) electrons. The first kappa shape index (κ1) is 24.1. The van der Waals surface area contributed by atoms with Crippen LogP contribution in [0.4, 0.5) is 0 Å². The molecule has 160 valence electrons. The van der Waals surface area contributed by atoms with E-state index in [0.717, 1.165) is 38.7 Å². The van der Waals surface area contributed by atoms with Crippen molar-refractivity contribution in [3.8, 4) is 0 Å². The van der Waals surface area contributed by atoms with E-state index in [2.05, 4.69) is 78.1 Å². The van der Waals surface area contributed by atoms with Gasteiger partial charge in [0.15, 0.2) is 5.96 Å². The Balaban J connectivity index is 0.00000300. The molecule has 29 heavy (non-hydrogen) atoms. The van der Waals surface area contributed by atoms with Gasteiger partial charge in [-0.1, -0.05) is 30.3 Å². The minimum Gasteiger partial charge on any atom is -0.373 e. The van der Waals surface area contributed by atoms with Crippen LogP contribution in [0.1, 0.15) is 36.8 Å². The molecule has 1 fully saturated rings. The summed E-state index contributed by atoms with van der Waals surface area (Å²) < 4.78 is 5.87. The maximum Gasteiger partial charge on any atom is 0.191 e. The largest absolute Gasteiger partial charge is 0.373 e. The number of nitrogens with zero attached hydrogens (tertiary/aromatic N) is 2. The standard InChI is InChI=1S/C22H32N4OS.HI/c1-4-23-22(25-13-21-10-7-11-28-21)24-12-19-8-5-6-9-20(19)16-26-14-17(2)27-18(3)15-26;/h5-11,17-18H,4,12-16H2,1-3H3,(H2,23,24,25);1H. The van der Waals surface area contributed by atoms with E-state index in [0.29, 0.717) is 6.54 Å². The molecular formula is C22H33IN4OS. The zero-order valence-corrected chi connectivity index (χ0v) is 20.7. The maximum atomic E-state index is 5.87. The molecule has 0 aliphatic carbocycles. The molecule has 1 saturated heterocycles. The quantitative estimate of drug-likeness (QED) is 0.321. The van der Waals surface area contributed by atoms with Crippen molar-refractivity contribution in [2.75, 3.05) is 19.6 Å². The van der Waals surface area contributed by atoms with E-state index in [9.17, 15) is 0 Å². The van der Waals surface area contributed by atoms with Gasteiger partial charge in [0.1, 0.15) is 0 Å². The van der Waals surface area contributed by atoms with Gasteiger partial charge < -0.3 is 15.4 Å². The third-order valence-electron chi connectivity index (χ3n) is 4.77. The first-order valence-corrected chi connectivity index (χ1v) is 11.0. The Hall–Kier alpha value is -1.16. The Morgan fingerprint density at radius 2 is 1.83 bits per heavy atom. The lowest BCUT2D eigenvalue weighted by Crippen LogP contribution is -2.44. The second-order valence-corrected chi connectivity index (χ2v) is 8.38. The van der Waals surface area contributed by atoms with Gasteiger partial charge in [0.2, 0.25) is 0 Å². The highest BCUT2D eigenvalue weighted by Gasteiger charge is 2.22. The van der Waals surface area contributed by atoms with Crippen LogP contribution in [0, 0.1) is 0 Å². The number of ether oxygens (including phenoxy) is 1. The minimum absolute atomic E-state index is 0. The van der Waals surface area contributed by atoms with E-state index >= 15 is 0 Å². The molecule has 2 heterocycles. The van der Waals surface area contributed by atoms with Gasteiger partial charge in [-0.2, -0.15) is 0 Å². The van der Waals surface area contributed by atoms with Gasteiger partial charge in [-0.3, -0.25) is 4.90 Å². The minimum atomic E-state index is 0. The average Bonchev–Trinajstić information content (AvgIpc) is 3.18. The van der Waals surface area contributed by atoms with Crippen LogP contribution in [0.3, 0.4) is 0 Å². The monoisotopic (exact) mass is 528 g/mol. The number of hydrogen-bond acceptors (Lipinski definition) is 4. The van der Waals surface area contributed by atoms with Gasteiger partial charge in [0.05, 0.1) is 25.3 Å². The van der Waals surface area contributed by atoms with Crippen LogP contribution in [-0.4, -0.2) is 42.7 Å². The number of hydrogen-bond donors (Lipinski definition) is 2. The number of rotatable bonds is 7. The summed E-state index contributed by atoms with van der Waals surface area (Å²) in [7, 11) is 0. The SMILES string of the molecule is CCNC(=NCc1ccccc1CN1CC(C)OC(C)C1)NCc1cccs1.I. The molecule has 0 spiro atoms. The summed E-state index contributed by atoms with van der Waals surface area (Å²) in [6.45, 7) is 11.6. The van der Waals surface area contributed by atoms with E-state index < -0.39 is 0 Å². The number of guanidine groups is 1. The summed E-state index contributed by atoms with van der Waals surface area (Å²) in [6, 6.07) is 12.9. The Morgan fingerprint density at radius 1 is 1.10 bits per heavy atom. The molecule has 2 atom stereocenters. The molecule has 1 aliphatic rings. The van der Waals surface area contributed by atoms with E-state index in [-0.39, 0.29) is 36.2 Å². The molecule has 5 nitrogen and oxygen atoms in total. The molecule has 2 unspecified atom stereocenters. The predicted octanol–water partition coefficient (Wildman–Crippen LogP) is 4.23. The summed E-state index contributed by atoms with van der Waals surface area (Å²) in [6.07, 6.45) is 0.575. The molecule has 7 heteroatoms. The molecular weight excluding hydrogens is 495 g/mol. The maximum absolute atomic E-state index is 5.87. The Labute approximate surface area is 196 Å². The topological polar surface area (TPSA) is 48.9 Å². The van der Waals surface area contributed by atoms with Crippen LogP contribution in [0.15, 0.2) is 46.8 Å². The van der Waals surface area contributed by atoms with Crippen LogP contribution in [0.25, 0.3) is 0 Å². The fourth-order valence-electron chi connectivity index (χ4n) is 3.61. The first-order valence-electron chi connectivity index (χ1n) is 10.1. The second kappa shape index (κ2) is 12.5. The fraction of sp³-hybridized carbons (Fsp3) is 0.500. The highest BCUT2D eigenvalue weighted by Crippen LogP contribution is 2.17. The van der Waals surface area contributed by atoms with E-state index in [1.54, 1.807) is 11.3 Å².